The predicted octanol–water partition coefficient (Wildman–Crippen LogP) is 0.668. The summed E-state index contributed by atoms with van der Waals surface area (Å²) >= 11 is 0. The Morgan fingerprint density at radius 2 is 2.30 bits per heavy atom. The van der Waals surface area contributed by atoms with Gasteiger partial charge in [0.2, 0.25) is 0 Å². The first kappa shape index (κ1) is 5.56. The summed E-state index contributed by atoms with van der Waals surface area (Å²) in [6.45, 7) is 0. The molecule has 3 fully saturated rings. The Morgan fingerprint density at radius 1 is 1.30 bits per heavy atom. The van der Waals surface area contributed by atoms with Crippen LogP contribution < -0.4 is 5.32 Å². The summed E-state index contributed by atoms with van der Waals surface area (Å²) in [5, 5.41) is 3.62. The van der Waals surface area contributed by atoms with Crippen molar-refractivity contribution in [2.45, 2.75) is 50.0 Å². The monoisotopic (exact) mass is 139 g/mol. The Kier molecular flexibility index (Phi) is 0.968. The van der Waals surface area contributed by atoms with Crippen molar-refractivity contribution in [1.82, 2.24) is 5.32 Å². The van der Waals surface area contributed by atoms with Gasteiger partial charge in [0.05, 0.1) is 12.2 Å². The molecular formula is C8H13NO. The molecule has 2 bridgehead atoms. The van der Waals surface area contributed by atoms with Crippen LogP contribution >= 0.6 is 0 Å². The molecule has 3 heterocycles. The summed E-state index contributed by atoms with van der Waals surface area (Å²) in [5.41, 5.74) is 0. The van der Waals surface area contributed by atoms with E-state index in [4.69, 9.17) is 4.74 Å². The summed E-state index contributed by atoms with van der Waals surface area (Å²) in [5.74, 6) is 0. The second kappa shape index (κ2) is 1.74. The first-order valence-corrected chi connectivity index (χ1v) is 4.35. The minimum atomic E-state index is 0.608. The van der Waals surface area contributed by atoms with Crippen molar-refractivity contribution >= 4 is 0 Å². The number of hydrogen-bond acceptors (Lipinski definition) is 2. The molecule has 2 nitrogen and oxygen atoms in total. The predicted molar refractivity (Wildman–Crippen MR) is 37.8 cm³/mol. The Bertz CT molecular complexity index is 159. The van der Waals surface area contributed by atoms with Crippen molar-refractivity contribution in [1.29, 1.82) is 0 Å². The summed E-state index contributed by atoms with van der Waals surface area (Å²) in [6.07, 6.45) is 6.67. The number of hydrogen-bond donors (Lipinski definition) is 1. The van der Waals surface area contributed by atoms with E-state index in [2.05, 4.69) is 5.32 Å². The highest BCUT2D eigenvalue weighted by Crippen LogP contribution is 2.39. The Labute approximate surface area is 60.9 Å². The lowest BCUT2D eigenvalue weighted by molar-refractivity contribution is 0.265. The van der Waals surface area contributed by atoms with E-state index >= 15 is 0 Å². The highest BCUT2D eigenvalue weighted by atomic mass is 16.6. The van der Waals surface area contributed by atoms with Gasteiger partial charge in [0.15, 0.2) is 0 Å². The van der Waals surface area contributed by atoms with Crippen molar-refractivity contribution in [3.05, 3.63) is 0 Å². The van der Waals surface area contributed by atoms with Gasteiger partial charge in [-0.2, -0.15) is 0 Å². The van der Waals surface area contributed by atoms with Gasteiger partial charge < -0.3 is 10.1 Å². The van der Waals surface area contributed by atoms with Gasteiger partial charge in [-0.1, -0.05) is 6.42 Å². The van der Waals surface area contributed by atoms with Crippen LogP contribution in [0.5, 0.6) is 0 Å². The van der Waals surface area contributed by atoms with E-state index < -0.39 is 0 Å². The fourth-order valence-corrected chi connectivity index (χ4v) is 2.48. The molecule has 10 heavy (non-hydrogen) atoms. The van der Waals surface area contributed by atoms with Crippen molar-refractivity contribution < 1.29 is 4.74 Å². The first-order valence-electron chi connectivity index (χ1n) is 4.35. The molecule has 3 aliphatic heterocycles. The number of fused-ring (bicyclic) bond motifs is 4. The second-order valence-corrected chi connectivity index (χ2v) is 3.78. The molecule has 3 aliphatic rings. The van der Waals surface area contributed by atoms with Crippen LogP contribution in [0.4, 0.5) is 0 Å². The summed E-state index contributed by atoms with van der Waals surface area (Å²) in [4.78, 5) is 0. The van der Waals surface area contributed by atoms with Crippen molar-refractivity contribution in [2.75, 3.05) is 0 Å². The van der Waals surface area contributed by atoms with Gasteiger partial charge in [0, 0.05) is 12.1 Å². The Morgan fingerprint density at radius 3 is 3.30 bits per heavy atom. The van der Waals surface area contributed by atoms with Gasteiger partial charge in [-0.05, 0) is 19.3 Å². The zero-order valence-corrected chi connectivity index (χ0v) is 6.05. The lowest BCUT2D eigenvalue weighted by Crippen LogP contribution is -2.49. The highest BCUT2D eigenvalue weighted by Gasteiger charge is 2.50. The van der Waals surface area contributed by atoms with Gasteiger partial charge in [-0.3, -0.25) is 0 Å². The lowest BCUT2D eigenvalue weighted by Gasteiger charge is -2.33. The van der Waals surface area contributed by atoms with Gasteiger partial charge in [0.25, 0.3) is 0 Å². The number of piperidine rings is 2. The van der Waals surface area contributed by atoms with E-state index in [9.17, 15) is 0 Å². The number of ether oxygens (including phenoxy) is 1. The van der Waals surface area contributed by atoms with E-state index in [1.165, 1.54) is 25.7 Å². The molecule has 4 atom stereocenters. The maximum atomic E-state index is 5.53. The third kappa shape index (κ3) is 0.663. The normalized spacial score (nSPS) is 57.6. The van der Waals surface area contributed by atoms with E-state index in [0.29, 0.717) is 12.2 Å². The average Bonchev–Trinajstić information content (AvgIpc) is 2.68. The molecule has 0 saturated carbocycles. The number of rotatable bonds is 0. The molecule has 4 unspecified atom stereocenters. The zero-order chi connectivity index (χ0) is 6.55. The molecule has 0 spiro atoms. The Balaban J connectivity index is 1.82. The van der Waals surface area contributed by atoms with Crippen molar-refractivity contribution in [3.8, 4) is 0 Å². The zero-order valence-electron chi connectivity index (χ0n) is 6.05. The van der Waals surface area contributed by atoms with E-state index in [-0.39, 0.29) is 0 Å². The highest BCUT2D eigenvalue weighted by molar-refractivity contribution is 5.04. The summed E-state index contributed by atoms with van der Waals surface area (Å²) < 4.78 is 5.53. The van der Waals surface area contributed by atoms with Crippen LogP contribution in [0, 0.1) is 0 Å². The van der Waals surface area contributed by atoms with Crippen LogP contribution in [-0.4, -0.2) is 24.3 Å². The third-order valence-electron chi connectivity index (χ3n) is 3.05. The molecule has 1 N–H and O–H groups in total. The molecule has 56 valence electrons. The van der Waals surface area contributed by atoms with Crippen LogP contribution in [-0.2, 0) is 4.74 Å². The molecule has 3 saturated heterocycles. The molecule has 2 heteroatoms. The fourth-order valence-electron chi connectivity index (χ4n) is 2.48. The third-order valence-corrected chi connectivity index (χ3v) is 3.05. The molecule has 0 aromatic rings. The molecule has 0 aromatic heterocycles. The van der Waals surface area contributed by atoms with Crippen LogP contribution in [0.25, 0.3) is 0 Å². The van der Waals surface area contributed by atoms with E-state index in [1.54, 1.807) is 0 Å². The minimum absolute atomic E-state index is 0.608. The second-order valence-electron chi connectivity index (χ2n) is 3.78. The van der Waals surface area contributed by atoms with Crippen molar-refractivity contribution in [3.63, 3.8) is 0 Å². The first-order chi connectivity index (χ1) is 4.93. The Hall–Kier alpha value is -0.0800. The number of epoxide rings is 1. The maximum absolute atomic E-state index is 5.53. The van der Waals surface area contributed by atoms with Crippen LogP contribution in [0.2, 0.25) is 0 Å². The summed E-state index contributed by atoms with van der Waals surface area (Å²) in [6, 6.07) is 1.51. The molecule has 0 amide bonds. The quantitative estimate of drug-likeness (QED) is 0.499. The van der Waals surface area contributed by atoms with Gasteiger partial charge in [0.1, 0.15) is 0 Å². The fraction of sp³-hybridized carbons (Fsp3) is 1.00. The van der Waals surface area contributed by atoms with Crippen LogP contribution in [0.15, 0.2) is 0 Å². The maximum Gasteiger partial charge on any atom is 0.0995 e. The molecule has 0 aliphatic carbocycles. The molecular weight excluding hydrogens is 126 g/mol. The smallest absolute Gasteiger partial charge is 0.0995 e. The van der Waals surface area contributed by atoms with Gasteiger partial charge >= 0.3 is 0 Å². The van der Waals surface area contributed by atoms with Crippen molar-refractivity contribution in [2.24, 2.45) is 0 Å². The average molecular weight is 139 g/mol. The summed E-state index contributed by atoms with van der Waals surface area (Å²) in [7, 11) is 0. The minimum Gasteiger partial charge on any atom is -0.368 e. The SMILES string of the molecule is C1CC2CC3OC3C(C1)N2. The van der Waals surface area contributed by atoms with Crippen LogP contribution in [0.1, 0.15) is 25.7 Å². The van der Waals surface area contributed by atoms with Crippen LogP contribution in [0.3, 0.4) is 0 Å². The molecule has 3 rings (SSSR count). The standard InChI is InChI=1S/C8H13NO/c1-2-5-4-7-8(10-7)6(3-1)9-5/h5-9H,1-4H2. The topological polar surface area (TPSA) is 24.6 Å². The number of nitrogens with one attached hydrogen (secondary N) is 1. The largest absolute Gasteiger partial charge is 0.368 e. The van der Waals surface area contributed by atoms with E-state index in [1.807, 2.05) is 0 Å². The van der Waals surface area contributed by atoms with Gasteiger partial charge in [-0.15, -0.1) is 0 Å². The lowest BCUT2D eigenvalue weighted by atomic mass is 9.87. The van der Waals surface area contributed by atoms with E-state index in [0.717, 1.165) is 12.1 Å². The molecule has 0 radical (unpaired) electrons. The molecule has 0 aromatic carbocycles. The van der Waals surface area contributed by atoms with Gasteiger partial charge in [-0.25, -0.2) is 0 Å².